The lowest BCUT2D eigenvalue weighted by molar-refractivity contribution is 0.475. The number of hydrogen-bond acceptors (Lipinski definition) is 2. The van der Waals surface area contributed by atoms with Crippen LogP contribution in [0.4, 0.5) is 5.69 Å². The van der Waals surface area contributed by atoms with Crippen LogP contribution >= 0.6 is 0 Å². The predicted molar refractivity (Wildman–Crippen MR) is 88.0 cm³/mol. The van der Waals surface area contributed by atoms with E-state index in [0.717, 1.165) is 11.3 Å². The summed E-state index contributed by atoms with van der Waals surface area (Å²) in [6.45, 7) is 4.21. The molecule has 2 heteroatoms. The second-order valence-electron chi connectivity index (χ2n) is 6.10. The molecule has 0 saturated carbocycles. The van der Waals surface area contributed by atoms with Crippen molar-refractivity contribution in [2.45, 2.75) is 45.6 Å². The summed E-state index contributed by atoms with van der Waals surface area (Å²) in [5.74, 6) is 0.319. The SMILES string of the molecule is Cc1cc(O)ccc1NC(C)c1ccc2c(c1)CCCC2. The topological polar surface area (TPSA) is 32.3 Å². The molecule has 2 nitrogen and oxygen atoms in total. The van der Waals surface area contributed by atoms with Gasteiger partial charge >= 0.3 is 0 Å². The number of phenolic OH excluding ortho intramolecular Hbond substituents is 1. The van der Waals surface area contributed by atoms with Gasteiger partial charge in [-0.15, -0.1) is 0 Å². The van der Waals surface area contributed by atoms with Crippen LogP contribution in [0.5, 0.6) is 5.75 Å². The quantitative estimate of drug-likeness (QED) is 0.795. The molecular formula is C19H23NO. The van der Waals surface area contributed by atoms with Crippen LogP contribution in [0.1, 0.15) is 48.1 Å². The van der Waals surface area contributed by atoms with Crippen LogP contribution < -0.4 is 5.32 Å². The number of phenols is 1. The van der Waals surface area contributed by atoms with E-state index in [0.29, 0.717) is 5.75 Å². The fourth-order valence-electron chi connectivity index (χ4n) is 3.15. The van der Waals surface area contributed by atoms with Gasteiger partial charge in [0.2, 0.25) is 0 Å². The van der Waals surface area contributed by atoms with Crippen LogP contribution in [-0.2, 0) is 12.8 Å². The summed E-state index contributed by atoms with van der Waals surface area (Å²) in [4.78, 5) is 0. The number of rotatable bonds is 3. The molecule has 2 N–H and O–H groups in total. The highest BCUT2D eigenvalue weighted by molar-refractivity contribution is 5.54. The minimum Gasteiger partial charge on any atom is -0.508 e. The van der Waals surface area contributed by atoms with Gasteiger partial charge in [-0.2, -0.15) is 0 Å². The lowest BCUT2D eigenvalue weighted by atomic mass is 9.89. The van der Waals surface area contributed by atoms with Crippen LogP contribution in [0.15, 0.2) is 36.4 Å². The molecular weight excluding hydrogens is 258 g/mol. The molecule has 21 heavy (non-hydrogen) atoms. The van der Waals surface area contributed by atoms with Gasteiger partial charge in [0, 0.05) is 11.7 Å². The maximum atomic E-state index is 9.49. The first-order valence-corrected chi connectivity index (χ1v) is 7.81. The smallest absolute Gasteiger partial charge is 0.115 e. The summed E-state index contributed by atoms with van der Waals surface area (Å²) in [6.07, 6.45) is 5.09. The molecule has 0 radical (unpaired) electrons. The zero-order chi connectivity index (χ0) is 14.8. The second-order valence-corrected chi connectivity index (χ2v) is 6.10. The molecule has 0 bridgehead atoms. The Bertz CT molecular complexity index is 648. The fourth-order valence-corrected chi connectivity index (χ4v) is 3.15. The number of hydrogen-bond donors (Lipinski definition) is 2. The van der Waals surface area contributed by atoms with E-state index in [1.165, 1.54) is 42.4 Å². The van der Waals surface area contributed by atoms with E-state index in [9.17, 15) is 5.11 Å². The number of aryl methyl sites for hydroxylation is 3. The van der Waals surface area contributed by atoms with E-state index in [1.807, 2.05) is 13.0 Å². The van der Waals surface area contributed by atoms with Gasteiger partial charge in [-0.1, -0.05) is 18.2 Å². The molecule has 0 amide bonds. The summed E-state index contributed by atoms with van der Waals surface area (Å²) in [5.41, 5.74) is 6.54. The van der Waals surface area contributed by atoms with Gasteiger partial charge in [-0.3, -0.25) is 0 Å². The summed E-state index contributed by atoms with van der Waals surface area (Å²) in [7, 11) is 0. The highest BCUT2D eigenvalue weighted by atomic mass is 16.3. The van der Waals surface area contributed by atoms with Crippen LogP contribution in [0.3, 0.4) is 0 Å². The number of aromatic hydroxyl groups is 1. The van der Waals surface area contributed by atoms with Crippen molar-refractivity contribution in [3.63, 3.8) is 0 Å². The highest BCUT2D eigenvalue weighted by Crippen LogP contribution is 2.28. The largest absolute Gasteiger partial charge is 0.508 e. The minimum atomic E-state index is 0.264. The van der Waals surface area contributed by atoms with Crippen molar-refractivity contribution in [3.8, 4) is 5.75 Å². The molecule has 110 valence electrons. The lowest BCUT2D eigenvalue weighted by Gasteiger charge is -2.21. The van der Waals surface area contributed by atoms with Gasteiger partial charge in [-0.05, 0) is 80.0 Å². The van der Waals surface area contributed by atoms with E-state index in [-0.39, 0.29) is 6.04 Å². The Morgan fingerprint density at radius 2 is 1.76 bits per heavy atom. The molecule has 0 heterocycles. The summed E-state index contributed by atoms with van der Waals surface area (Å²) >= 11 is 0. The van der Waals surface area contributed by atoms with Crippen molar-refractivity contribution in [2.75, 3.05) is 5.32 Å². The van der Waals surface area contributed by atoms with Crippen LogP contribution in [0, 0.1) is 6.92 Å². The van der Waals surface area contributed by atoms with Crippen molar-refractivity contribution < 1.29 is 5.11 Å². The van der Waals surface area contributed by atoms with Crippen molar-refractivity contribution in [1.29, 1.82) is 0 Å². The molecule has 0 aliphatic heterocycles. The Labute approximate surface area is 126 Å². The molecule has 1 unspecified atom stereocenters. The van der Waals surface area contributed by atoms with Crippen LogP contribution in [0.25, 0.3) is 0 Å². The van der Waals surface area contributed by atoms with Gasteiger partial charge in [0.15, 0.2) is 0 Å². The first-order chi connectivity index (χ1) is 10.1. The third-order valence-corrected chi connectivity index (χ3v) is 4.45. The predicted octanol–water partition coefficient (Wildman–Crippen LogP) is 4.75. The molecule has 0 spiro atoms. The van der Waals surface area contributed by atoms with Crippen LogP contribution in [-0.4, -0.2) is 5.11 Å². The van der Waals surface area contributed by atoms with Gasteiger partial charge in [0.05, 0.1) is 0 Å². The second kappa shape index (κ2) is 5.80. The Morgan fingerprint density at radius 1 is 1.00 bits per heavy atom. The fraction of sp³-hybridized carbons (Fsp3) is 0.368. The standard InChI is InChI=1S/C19H23NO/c1-13-11-18(21)9-10-19(13)20-14(2)16-8-7-15-5-3-4-6-17(15)12-16/h7-12,14,20-21H,3-6H2,1-2H3. The average Bonchev–Trinajstić information content (AvgIpc) is 2.49. The summed E-state index contributed by atoms with van der Waals surface area (Å²) < 4.78 is 0. The molecule has 1 aliphatic carbocycles. The van der Waals surface area contributed by atoms with Crippen molar-refractivity contribution >= 4 is 5.69 Å². The number of anilines is 1. The Balaban J connectivity index is 1.80. The zero-order valence-corrected chi connectivity index (χ0v) is 12.8. The third-order valence-electron chi connectivity index (χ3n) is 4.45. The zero-order valence-electron chi connectivity index (χ0n) is 12.8. The molecule has 0 saturated heterocycles. The maximum absolute atomic E-state index is 9.49. The Hall–Kier alpha value is -1.96. The normalized spacial score (nSPS) is 15.3. The van der Waals surface area contributed by atoms with Gasteiger partial charge < -0.3 is 10.4 Å². The van der Waals surface area contributed by atoms with Gasteiger partial charge in [0.1, 0.15) is 5.75 Å². The molecule has 3 rings (SSSR count). The average molecular weight is 281 g/mol. The first kappa shape index (κ1) is 14.0. The van der Waals surface area contributed by atoms with Crippen molar-refractivity contribution in [3.05, 3.63) is 58.7 Å². The summed E-state index contributed by atoms with van der Waals surface area (Å²) in [6, 6.07) is 12.6. The minimum absolute atomic E-state index is 0.264. The first-order valence-electron chi connectivity index (χ1n) is 7.81. The molecule has 0 fully saturated rings. The Morgan fingerprint density at radius 3 is 2.52 bits per heavy atom. The monoisotopic (exact) mass is 281 g/mol. The number of nitrogens with one attached hydrogen (secondary N) is 1. The molecule has 0 aromatic heterocycles. The molecule has 2 aromatic rings. The van der Waals surface area contributed by atoms with Gasteiger partial charge in [-0.25, -0.2) is 0 Å². The third kappa shape index (κ3) is 3.05. The Kier molecular flexibility index (Phi) is 3.87. The van der Waals surface area contributed by atoms with E-state index in [1.54, 1.807) is 12.1 Å². The number of fused-ring (bicyclic) bond motifs is 1. The molecule has 1 aliphatic rings. The highest BCUT2D eigenvalue weighted by Gasteiger charge is 2.13. The lowest BCUT2D eigenvalue weighted by Crippen LogP contribution is -2.10. The maximum Gasteiger partial charge on any atom is 0.115 e. The molecule has 2 aromatic carbocycles. The van der Waals surface area contributed by atoms with Crippen molar-refractivity contribution in [1.82, 2.24) is 0 Å². The van der Waals surface area contributed by atoms with E-state index < -0.39 is 0 Å². The summed E-state index contributed by atoms with van der Waals surface area (Å²) in [5, 5.41) is 13.0. The van der Waals surface area contributed by atoms with E-state index in [2.05, 4.69) is 30.4 Å². The number of benzene rings is 2. The van der Waals surface area contributed by atoms with Gasteiger partial charge in [0.25, 0.3) is 0 Å². The van der Waals surface area contributed by atoms with E-state index in [4.69, 9.17) is 0 Å². The van der Waals surface area contributed by atoms with Crippen molar-refractivity contribution in [2.24, 2.45) is 0 Å². The van der Waals surface area contributed by atoms with Crippen LogP contribution in [0.2, 0.25) is 0 Å². The molecule has 1 atom stereocenters. The van der Waals surface area contributed by atoms with E-state index >= 15 is 0 Å².